The molecule has 0 bridgehead atoms. The molecule has 4 nitrogen and oxygen atoms in total. The summed E-state index contributed by atoms with van der Waals surface area (Å²) in [6.07, 6.45) is 5.03. The van der Waals surface area contributed by atoms with Crippen molar-refractivity contribution in [1.82, 2.24) is 14.8 Å². The minimum absolute atomic E-state index is 0.0189. The molecule has 4 aromatic rings. The van der Waals surface area contributed by atoms with E-state index in [-0.39, 0.29) is 10.9 Å². The van der Waals surface area contributed by atoms with Gasteiger partial charge in [-0.1, -0.05) is 18.2 Å². The van der Waals surface area contributed by atoms with Crippen LogP contribution in [0.15, 0.2) is 67.1 Å². The van der Waals surface area contributed by atoms with Crippen LogP contribution in [0, 0.1) is 11.6 Å². The Kier molecular flexibility index (Phi) is 3.85. The molecule has 0 aliphatic heterocycles. The van der Waals surface area contributed by atoms with E-state index in [1.165, 1.54) is 6.20 Å². The number of anilines is 1. The van der Waals surface area contributed by atoms with Crippen LogP contribution in [0.5, 0.6) is 0 Å². The molecule has 0 fully saturated rings. The van der Waals surface area contributed by atoms with Gasteiger partial charge in [0.1, 0.15) is 17.2 Å². The van der Waals surface area contributed by atoms with E-state index < -0.39 is 11.6 Å². The minimum atomic E-state index is -0.544. The molecule has 0 spiro atoms. The average Bonchev–Trinajstić information content (AvgIpc) is 3.18. The first kappa shape index (κ1) is 15.3. The van der Waals surface area contributed by atoms with E-state index in [9.17, 15) is 8.78 Å². The zero-order valence-corrected chi connectivity index (χ0v) is 13.2. The van der Waals surface area contributed by atoms with Crippen molar-refractivity contribution in [3.63, 3.8) is 0 Å². The highest BCUT2D eigenvalue weighted by Crippen LogP contribution is 2.27. The van der Waals surface area contributed by atoms with Crippen molar-refractivity contribution in [3.8, 4) is 5.69 Å². The number of fused-ring (bicyclic) bond motifs is 1. The van der Waals surface area contributed by atoms with Gasteiger partial charge in [-0.2, -0.15) is 5.10 Å². The van der Waals surface area contributed by atoms with Crippen LogP contribution in [0.2, 0.25) is 0 Å². The van der Waals surface area contributed by atoms with Crippen molar-refractivity contribution in [2.45, 2.75) is 6.54 Å². The molecule has 0 saturated heterocycles. The zero-order valence-electron chi connectivity index (χ0n) is 13.2. The number of halogens is 2. The highest BCUT2D eigenvalue weighted by Gasteiger charge is 2.12. The van der Waals surface area contributed by atoms with E-state index in [4.69, 9.17) is 0 Å². The number of rotatable bonds is 4. The quantitative estimate of drug-likeness (QED) is 0.604. The fraction of sp³-hybridized carbons (Fsp3) is 0.0526. The molecule has 4 rings (SSSR count). The predicted octanol–water partition coefficient (Wildman–Crippen LogP) is 4.31. The second-order valence-electron chi connectivity index (χ2n) is 5.54. The number of hydrogen-bond donors (Lipinski definition) is 1. The first-order valence-electron chi connectivity index (χ1n) is 7.78. The summed E-state index contributed by atoms with van der Waals surface area (Å²) >= 11 is 0. The molecule has 2 aromatic carbocycles. The Morgan fingerprint density at radius 2 is 1.76 bits per heavy atom. The van der Waals surface area contributed by atoms with Crippen LogP contribution < -0.4 is 5.32 Å². The third-order valence-corrected chi connectivity index (χ3v) is 4.00. The highest BCUT2D eigenvalue weighted by molar-refractivity contribution is 5.91. The van der Waals surface area contributed by atoms with Gasteiger partial charge < -0.3 is 5.32 Å². The number of para-hydroxylation sites is 1. The molecule has 0 atom stereocenters. The maximum Gasteiger partial charge on any atom is 0.149 e. The molecule has 0 saturated carbocycles. The predicted molar refractivity (Wildman–Crippen MR) is 92.5 cm³/mol. The molecule has 0 aliphatic rings. The van der Waals surface area contributed by atoms with Crippen molar-refractivity contribution in [2.75, 3.05) is 5.32 Å². The van der Waals surface area contributed by atoms with Gasteiger partial charge in [0.15, 0.2) is 0 Å². The fourth-order valence-electron chi connectivity index (χ4n) is 2.83. The van der Waals surface area contributed by atoms with Crippen LogP contribution in [0.3, 0.4) is 0 Å². The standard InChI is InChI=1S/C19H14F2N4/c20-14-6-7-15(21)19-18(14)16(8-10-22-19)23-12-13-4-1-2-5-17(13)25-11-3-9-24-25/h1-11H,12H2,(H,22,23). The second-order valence-corrected chi connectivity index (χ2v) is 5.54. The molecule has 1 N–H and O–H groups in total. The number of nitrogens with zero attached hydrogens (tertiary/aromatic N) is 3. The lowest BCUT2D eigenvalue weighted by molar-refractivity contribution is 0.615. The summed E-state index contributed by atoms with van der Waals surface area (Å²) in [5.74, 6) is -1.05. The molecule has 0 amide bonds. The topological polar surface area (TPSA) is 42.7 Å². The van der Waals surface area contributed by atoms with E-state index in [1.54, 1.807) is 16.9 Å². The summed E-state index contributed by atoms with van der Waals surface area (Å²) in [6.45, 7) is 0.436. The smallest absolute Gasteiger partial charge is 0.149 e. The summed E-state index contributed by atoms with van der Waals surface area (Å²) < 4.78 is 29.9. The number of nitrogens with one attached hydrogen (secondary N) is 1. The lowest BCUT2D eigenvalue weighted by atomic mass is 10.1. The monoisotopic (exact) mass is 336 g/mol. The number of pyridine rings is 1. The number of benzene rings is 2. The van der Waals surface area contributed by atoms with E-state index in [0.717, 1.165) is 23.4 Å². The maximum atomic E-state index is 14.2. The second kappa shape index (κ2) is 6.32. The zero-order chi connectivity index (χ0) is 17.2. The van der Waals surface area contributed by atoms with Gasteiger partial charge in [-0.3, -0.25) is 4.98 Å². The van der Waals surface area contributed by atoms with Crippen molar-refractivity contribution in [2.24, 2.45) is 0 Å². The van der Waals surface area contributed by atoms with E-state index in [0.29, 0.717) is 12.2 Å². The van der Waals surface area contributed by atoms with Gasteiger partial charge in [0.05, 0.1) is 11.1 Å². The van der Waals surface area contributed by atoms with Crippen LogP contribution >= 0.6 is 0 Å². The summed E-state index contributed by atoms with van der Waals surface area (Å²) in [5, 5.41) is 7.59. The molecule has 124 valence electrons. The lowest BCUT2D eigenvalue weighted by Crippen LogP contribution is -2.06. The highest BCUT2D eigenvalue weighted by atomic mass is 19.1. The third kappa shape index (κ3) is 2.82. The van der Waals surface area contributed by atoms with Crippen LogP contribution in [-0.4, -0.2) is 14.8 Å². The molecular formula is C19H14F2N4. The van der Waals surface area contributed by atoms with Crippen LogP contribution in [-0.2, 0) is 6.54 Å². The molecule has 6 heteroatoms. The van der Waals surface area contributed by atoms with E-state index in [1.807, 2.05) is 36.5 Å². The van der Waals surface area contributed by atoms with E-state index >= 15 is 0 Å². The summed E-state index contributed by atoms with van der Waals surface area (Å²) in [5.41, 5.74) is 2.42. The van der Waals surface area contributed by atoms with Gasteiger partial charge in [0.2, 0.25) is 0 Å². The normalized spacial score (nSPS) is 11.0. The molecule has 0 unspecified atom stereocenters. The third-order valence-electron chi connectivity index (χ3n) is 4.00. The van der Waals surface area contributed by atoms with Crippen molar-refractivity contribution >= 4 is 16.6 Å². The van der Waals surface area contributed by atoms with Crippen LogP contribution in [0.25, 0.3) is 16.6 Å². The lowest BCUT2D eigenvalue weighted by Gasteiger charge is -2.13. The summed E-state index contributed by atoms with van der Waals surface area (Å²) in [6, 6.07) is 13.5. The number of aromatic nitrogens is 3. The Bertz CT molecular complexity index is 1030. The fourth-order valence-corrected chi connectivity index (χ4v) is 2.83. The average molecular weight is 336 g/mol. The van der Waals surface area contributed by atoms with E-state index in [2.05, 4.69) is 15.4 Å². The van der Waals surface area contributed by atoms with Gasteiger partial charge in [-0.25, -0.2) is 13.5 Å². The Morgan fingerprint density at radius 1 is 0.920 bits per heavy atom. The molecule has 25 heavy (non-hydrogen) atoms. The van der Waals surface area contributed by atoms with Crippen LogP contribution in [0.4, 0.5) is 14.5 Å². The van der Waals surface area contributed by atoms with Gasteiger partial charge in [-0.05, 0) is 35.9 Å². The Hall–Kier alpha value is -3.28. The Labute approximate surface area is 142 Å². The molecule has 2 heterocycles. The van der Waals surface area contributed by atoms with Gasteiger partial charge in [0.25, 0.3) is 0 Å². The van der Waals surface area contributed by atoms with Crippen LogP contribution in [0.1, 0.15) is 5.56 Å². The maximum absolute atomic E-state index is 14.2. The molecule has 0 aliphatic carbocycles. The molecule has 2 aromatic heterocycles. The Balaban J connectivity index is 1.70. The van der Waals surface area contributed by atoms with Gasteiger partial charge in [0, 0.05) is 30.8 Å². The summed E-state index contributed by atoms with van der Waals surface area (Å²) in [4.78, 5) is 3.95. The minimum Gasteiger partial charge on any atom is -0.380 e. The van der Waals surface area contributed by atoms with Crippen molar-refractivity contribution in [1.29, 1.82) is 0 Å². The van der Waals surface area contributed by atoms with Gasteiger partial charge in [-0.15, -0.1) is 0 Å². The van der Waals surface area contributed by atoms with Gasteiger partial charge >= 0.3 is 0 Å². The summed E-state index contributed by atoms with van der Waals surface area (Å²) in [7, 11) is 0. The number of hydrogen-bond acceptors (Lipinski definition) is 3. The first-order valence-corrected chi connectivity index (χ1v) is 7.78. The first-order chi connectivity index (χ1) is 12.2. The molecule has 0 radical (unpaired) electrons. The SMILES string of the molecule is Fc1ccc(F)c2c(NCc3ccccc3-n3cccn3)ccnc12. The molecular weight excluding hydrogens is 322 g/mol. The van der Waals surface area contributed by atoms with Crippen molar-refractivity contribution in [3.05, 3.63) is 84.3 Å². The largest absolute Gasteiger partial charge is 0.380 e. The Morgan fingerprint density at radius 3 is 2.60 bits per heavy atom. The van der Waals surface area contributed by atoms with Crippen molar-refractivity contribution < 1.29 is 8.78 Å².